The van der Waals surface area contributed by atoms with Crippen molar-refractivity contribution in [2.45, 2.75) is 26.3 Å². The SMILES string of the molecule is CC(=O)c1ccc(-c2ccnc3nc(-c4n[nH]c5cnc(-c6cncc(CN7CCCC7)c6)cc45)[nH]c23)s1. The van der Waals surface area contributed by atoms with Crippen molar-refractivity contribution in [3.63, 3.8) is 0 Å². The van der Waals surface area contributed by atoms with E-state index in [1.165, 1.54) is 29.7 Å². The molecule has 0 spiro atoms. The largest absolute Gasteiger partial charge is 0.335 e. The Bertz CT molecular complexity index is 1810. The average Bonchev–Trinajstić information content (AvgIpc) is 3.74. The van der Waals surface area contributed by atoms with Crippen LogP contribution in [0, 0.1) is 0 Å². The number of rotatable bonds is 6. The summed E-state index contributed by atoms with van der Waals surface area (Å²) in [6.07, 6.45) is 9.86. The summed E-state index contributed by atoms with van der Waals surface area (Å²) < 4.78 is 0. The number of nitrogens with zero attached hydrogens (tertiary/aromatic N) is 6. The molecule has 6 aromatic rings. The first-order valence-electron chi connectivity index (χ1n) is 12.6. The van der Waals surface area contributed by atoms with Crippen LogP contribution in [0.1, 0.15) is 35.0 Å². The van der Waals surface area contributed by atoms with Gasteiger partial charge in [0.05, 0.1) is 27.8 Å². The van der Waals surface area contributed by atoms with Gasteiger partial charge in [-0.05, 0) is 68.8 Å². The van der Waals surface area contributed by atoms with Crippen molar-refractivity contribution in [2.75, 3.05) is 13.1 Å². The maximum Gasteiger partial charge on any atom is 0.178 e. The number of likely N-dealkylation sites (tertiary alicyclic amines) is 1. The Morgan fingerprint density at radius 2 is 1.97 bits per heavy atom. The van der Waals surface area contributed by atoms with Gasteiger partial charge in [-0.2, -0.15) is 5.10 Å². The summed E-state index contributed by atoms with van der Waals surface area (Å²) in [5.74, 6) is 0.675. The second-order valence-electron chi connectivity index (χ2n) is 9.62. The minimum absolute atomic E-state index is 0.0565. The fourth-order valence-electron chi connectivity index (χ4n) is 5.07. The van der Waals surface area contributed by atoms with Crippen molar-refractivity contribution in [1.82, 2.24) is 40.0 Å². The third kappa shape index (κ3) is 4.07. The molecule has 0 saturated carbocycles. The Morgan fingerprint density at radius 1 is 1.08 bits per heavy atom. The van der Waals surface area contributed by atoms with Gasteiger partial charge in [0.25, 0.3) is 0 Å². The highest BCUT2D eigenvalue weighted by Crippen LogP contribution is 2.35. The summed E-state index contributed by atoms with van der Waals surface area (Å²) in [6.45, 7) is 4.78. The molecule has 188 valence electrons. The molecule has 0 unspecified atom stereocenters. The number of Topliss-reactive ketones (excluding diaryl/α,β-unsaturated/α-hetero) is 1. The van der Waals surface area contributed by atoms with Gasteiger partial charge in [-0.25, -0.2) is 9.97 Å². The Kier molecular flexibility index (Phi) is 5.56. The van der Waals surface area contributed by atoms with E-state index in [9.17, 15) is 4.79 Å². The number of carbonyl (C=O) groups excluding carboxylic acids is 1. The van der Waals surface area contributed by atoms with Gasteiger partial charge in [-0.15, -0.1) is 11.3 Å². The van der Waals surface area contributed by atoms with Crippen LogP contribution in [-0.4, -0.2) is 58.9 Å². The molecule has 7 rings (SSSR count). The van der Waals surface area contributed by atoms with E-state index < -0.39 is 0 Å². The van der Waals surface area contributed by atoms with Crippen LogP contribution in [0.3, 0.4) is 0 Å². The molecule has 2 N–H and O–H groups in total. The average molecular weight is 521 g/mol. The Hall–Kier alpha value is -4.28. The molecule has 1 saturated heterocycles. The minimum Gasteiger partial charge on any atom is -0.335 e. The fraction of sp³-hybridized carbons (Fsp3) is 0.214. The highest BCUT2D eigenvalue weighted by molar-refractivity contribution is 7.17. The molecule has 7 heterocycles. The summed E-state index contributed by atoms with van der Waals surface area (Å²) in [4.78, 5) is 37.8. The summed E-state index contributed by atoms with van der Waals surface area (Å²) >= 11 is 1.46. The van der Waals surface area contributed by atoms with Crippen molar-refractivity contribution in [1.29, 1.82) is 0 Å². The number of hydrogen-bond acceptors (Lipinski definition) is 8. The number of nitrogens with one attached hydrogen (secondary N) is 2. The third-order valence-corrected chi connectivity index (χ3v) is 8.20. The smallest absolute Gasteiger partial charge is 0.178 e. The number of fused-ring (bicyclic) bond motifs is 2. The lowest BCUT2D eigenvalue weighted by Gasteiger charge is -2.14. The van der Waals surface area contributed by atoms with Crippen LogP contribution >= 0.6 is 11.3 Å². The van der Waals surface area contributed by atoms with Gasteiger partial charge in [-0.1, -0.05) is 0 Å². The van der Waals surface area contributed by atoms with Crippen molar-refractivity contribution in [2.24, 2.45) is 0 Å². The number of aromatic nitrogens is 7. The van der Waals surface area contributed by atoms with E-state index in [1.54, 1.807) is 19.3 Å². The van der Waals surface area contributed by atoms with Crippen molar-refractivity contribution in [3.05, 3.63) is 65.6 Å². The monoisotopic (exact) mass is 520 g/mol. The van der Waals surface area contributed by atoms with Crippen molar-refractivity contribution in [3.8, 4) is 33.2 Å². The summed E-state index contributed by atoms with van der Waals surface area (Å²) in [7, 11) is 0. The van der Waals surface area contributed by atoms with Crippen LogP contribution in [0.2, 0.25) is 0 Å². The lowest BCUT2D eigenvalue weighted by Crippen LogP contribution is -2.18. The predicted molar refractivity (Wildman–Crippen MR) is 148 cm³/mol. The maximum absolute atomic E-state index is 11.8. The van der Waals surface area contributed by atoms with Crippen LogP contribution in [0.25, 0.3) is 55.3 Å². The van der Waals surface area contributed by atoms with E-state index in [-0.39, 0.29) is 5.78 Å². The molecule has 0 aromatic carbocycles. The van der Waals surface area contributed by atoms with Crippen LogP contribution < -0.4 is 0 Å². The zero-order chi connectivity index (χ0) is 25.6. The molecule has 38 heavy (non-hydrogen) atoms. The number of carbonyl (C=O) groups is 1. The van der Waals surface area contributed by atoms with Crippen LogP contribution in [0.15, 0.2) is 55.1 Å². The normalized spacial score (nSPS) is 14.1. The second-order valence-corrected chi connectivity index (χ2v) is 10.7. The van der Waals surface area contributed by atoms with Gasteiger partial charge < -0.3 is 4.98 Å². The summed E-state index contributed by atoms with van der Waals surface area (Å²) in [5.41, 5.74) is 6.88. The standard InChI is InChI=1S/C28H24N8OS/c1-16(37)23-4-5-24(38-23)19-6-7-30-27-25(19)32-28(33-27)26-20-11-21(31-14-22(20)34-35-26)18-10-17(12-29-13-18)15-36-8-2-3-9-36/h4-7,10-14H,2-3,8-9,15H2,1H3,(H,34,35)(H,30,32,33). The van der Waals surface area contributed by atoms with Gasteiger partial charge in [0.2, 0.25) is 0 Å². The number of aromatic amines is 2. The zero-order valence-electron chi connectivity index (χ0n) is 20.7. The van der Waals surface area contributed by atoms with E-state index in [2.05, 4.69) is 41.1 Å². The van der Waals surface area contributed by atoms with E-state index in [0.29, 0.717) is 17.2 Å². The topological polar surface area (TPSA) is 116 Å². The fourth-order valence-corrected chi connectivity index (χ4v) is 6.00. The molecular formula is C28H24N8OS. The Morgan fingerprint density at radius 3 is 2.82 bits per heavy atom. The highest BCUT2D eigenvalue weighted by atomic mass is 32.1. The third-order valence-electron chi connectivity index (χ3n) is 6.98. The quantitative estimate of drug-likeness (QED) is 0.279. The lowest BCUT2D eigenvalue weighted by molar-refractivity contribution is 0.102. The first-order chi connectivity index (χ1) is 18.6. The van der Waals surface area contributed by atoms with Crippen molar-refractivity contribution >= 4 is 39.2 Å². The lowest BCUT2D eigenvalue weighted by atomic mass is 10.1. The number of pyridine rings is 3. The number of H-pyrrole nitrogens is 2. The van der Waals surface area contributed by atoms with Gasteiger partial charge in [0.15, 0.2) is 17.3 Å². The second kappa shape index (κ2) is 9.23. The molecule has 0 atom stereocenters. The summed E-state index contributed by atoms with van der Waals surface area (Å²) in [6, 6.07) is 9.96. The first-order valence-corrected chi connectivity index (χ1v) is 13.4. The number of imidazole rings is 1. The molecule has 1 aliphatic rings. The van der Waals surface area contributed by atoms with Gasteiger partial charge in [-0.3, -0.25) is 24.8 Å². The van der Waals surface area contributed by atoms with E-state index in [4.69, 9.17) is 4.98 Å². The Balaban J connectivity index is 1.27. The predicted octanol–water partition coefficient (Wildman–Crippen LogP) is 5.49. The number of thiophene rings is 1. The van der Waals surface area contributed by atoms with Crippen molar-refractivity contribution < 1.29 is 4.79 Å². The van der Waals surface area contributed by atoms with E-state index in [1.807, 2.05) is 36.7 Å². The molecule has 0 radical (unpaired) electrons. The molecular weight excluding hydrogens is 496 g/mol. The molecule has 1 aliphatic heterocycles. The highest BCUT2D eigenvalue weighted by Gasteiger charge is 2.18. The Labute approximate surface area is 222 Å². The van der Waals surface area contributed by atoms with Gasteiger partial charge >= 0.3 is 0 Å². The molecule has 0 bridgehead atoms. The molecule has 10 heteroatoms. The van der Waals surface area contributed by atoms with E-state index in [0.717, 1.165) is 62.6 Å². The molecule has 9 nitrogen and oxygen atoms in total. The maximum atomic E-state index is 11.8. The molecule has 6 aromatic heterocycles. The number of ketones is 1. The zero-order valence-corrected chi connectivity index (χ0v) is 21.5. The number of hydrogen-bond donors (Lipinski definition) is 2. The molecule has 0 amide bonds. The minimum atomic E-state index is 0.0565. The van der Waals surface area contributed by atoms with Gasteiger partial charge in [0, 0.05) is 46.5 Å². The van der Waals surface area contributed by atoms with Crippen LogP contribution in [0.5, 0.6) is 0 Å². The summed E-state index contributed by atoms with van der Waals surface area (Å²) in [5, 5.41) is 8.55. The van der Waals surface area contributed by atoms with Crippen LogP contribution in [0.4, 0.5) is 0 Å². The van der Waals surface area contributed by atoms with Crippen LogP contribution in [-0.2, 0) is 6.54 Å². The molecule has 0 aliphatic carbocycles. The first kappa shape index (κ1) is 22.9. The van der Waals surface area contributed by atoms with Gasteiger partial charge in [0.1, 0.15) is 5.69 Å². The van der Waals surface area contributed by atoms with E-state index >= 15 is 0 Å². The molecule has 1 fully saturated rings.